The fraction of sp³-hybridized carbons (Fsp3) is 0.545. The van der Waals surface area contributed by atoms with Gasteiger partial charge in [0.2, 0.25) is 0 Å². The van der Waals surface area contributed by atoms with Crippen molar-refractivity contribution in [3.63, 3.8) is 0 Å². The SMILES string of the molecule is CC(C)N(CCC(=O)ONN)Cc1cccs1. The Labute approximate surface area is 105 Å². The molecule has 6 heteroatoms. The number of hydrogen-bond acceptors (Lipinski definition) is 6. The van der Waals surface area contributed by atoms with Gasteiger partial charge >= 0.3 is 5.97 Å². The first-order valence-corrected chi connectivity index (χ1v) is 6.43. The number of carbonyl (C=O) groups is 1. The van der Waals surface area contributed by atoms with Crippen LogP contribution in [0, 0.1) is 0 Å². The number of nitrogens with zero attached hydrogens (tertiary/aromatic N) is 1. The third-order valence-corrected chi connectivity index (χ3v) is 3.31. The third-order valence-electron chi connectivity index (χ3n) is 2.45. The lowest BCUT2D eigenvalue weighted by Crippen LogP contribution is -2.34. The van der Waals surface area contributed by atoms with Crippen molar-refractivity contribution in [2.24, 2.45) is 5.84 Å². The van der Waals surface area contributed by atoms with Crippen LogP contribution < -0.4 is 11.4 Å². The molecule has 1 heterocycles. The molecule has 1 aromatic heterocycles. The molecule has 0 aliphatic carbocycles. The molecule has 0 atom stereocenters. The van der Waals surface area contributed by atoms with E-state index in [2.05, 4.69) is 35.0 Å². The first kappa shape index (κ1) is 14.1. The summed E-state index contributed by atoms with van der Waals surface area (Å²) < 4.78 is 0. The molecule has 1 aromatic rings. The Balaban J connectivity index is 2.41. The molecule has 0 aromatic carbocycles. The molecule has 1 rings (SSSR count). The number of nitrogens with two attached hydrogens (primary N) is 1. The fourth-order valence-electron chi connectivity index (χ4n) is 1.47. The molecule has 0 amide bonds. The number of rotatable bonds is 7. The number of carbonyl (C=O) groups excluding carboxylic acids is 1. The van der Waals surface area contributed by atoms with Gasteiger partial charge in [0.25, 0.3) is 0 Å². The molecule has 0 radical (unpaired) electrons. The van der Waals surface area contributed by atoms with Crippen LogP contribution in [-0.2, 0) is 16.2 Å². The van der Waals surface area contributed by atoms with Crippen molar-refractivity contribution in [2.75, 3.05) is 6.54 Å². The average Bonchev–Trinajstić information content (AvgIpc) is 2.76. The van der Waals surface area contributed by atoms with Gasteiger partial charge in [-0.05, 0) is 25.3 Å². The monoisotopic (exact) mass is 257 g/mol. The summed E-state index contributed by atoms with van der Waals surface area (Å²) in [5.41, 5.74) is 1.90. The summed E-state index contributed by atoms with van der Waals surface area (Å²) in [6.45, 7) is 5.75. The van der Waals surface area contributed by atoms with Crippen LogP contribution in [0.4, 0.5) is 0 Å². The second kappa shape index (κ2) is 7.39. The summed E-state index contributed by atoms with van der Waals surface area (Å²) in [4.78, 5) is 19.2. The predicted octanol–water partition coefficient (Wildman–Crippen LogP) is 1.27. The van der Waals surface area contributed by atoms with Crippen LogP contribution in [0.25, 0.3) is 0 Å². The van der Waals surface area contributed by atoms with Crippen molar-refractivity contribution >= 4 is 17.3 Å². The normalized spacial score (nSPS) is 11.1. The predicted molar refractivity (Wildman–Crippen MR) is 67.9 cm³/mol. The summed E-state index contributed by atoms with van der Waals surface area (Å²) in [5.74, 6) is 4.56. The van der Waals surface area contributed by atoms with Crippen LogP contribution in [0.3, 0.4) is 0 Å². The topological polar surface area (TPSA) is 67.6 Å². The third kappa shape index (κ3) is 5.27. The Morgan fingerprint density at radius 3 is 2.94 bits per heavy atom. The van der Waals surface area contributed by atoms with Gasteiger partial charge in [-0.2, -0.15) is 0 Å². The van der Waals surface area contributed by atoms with Gasteiger partial charge in [-0.15, -0.1) is 11.3 Å². The first-order valence-electron chi connectivity index (χ1n) is 5.55. The van der Waals surface area contributed by atoms with Crippen molar-refractivity contribution < 1.29 is 9.63 Å². The molecule has 0 aliphatic heterocycles. The minimum absolute atomic E-state index is 0.327. The highest BCUT2D eigenvalue weighted by molar-refractivity contribution is 7.09. The maximum absolute atomic E-state index is 11.2. The van der Waals surface area contributed by atoms with E-state index in [1.807, 2.05) is 11.7 Å². The zero-order chi connectivity index (χ0) is 12.7. The Morgan fingerprint density at radius 2 is 2.41 bits per heavy atom. The number of nitrogens with one attached hydrogen (secondary N) is 1. The summed E-state index contributed by atoms with van der Waals surface area (Å²) in [7, 11) is 0. The second-order valence-corrected chi connectivity index (χ2v) is 5.02. The Bertz CT molecular complexity index is 327. The molecule has 0 saturated carbocycles. The Hall–Kier alpha value is -0.950. The minimum Gasteiger partial charge on any atom is -0.356 e. The van der Waals surface area contributed by atoms with E-state index in [1.54, 1.807) is 11.3 Å². The molecule has 3 N–H and O–H groups in total. The molecule has 0 saturated heterocycles. The molecular formula is C11H19N3O2S. The van der Waals surface area contributed by atoms with E-state index in [-0.39, 0.29) is 5.97 Å². The lowest BCUT2D eigenvalue weighted by atomic mass is 10.2. The molecule has 0 aliphatic rings. The summed E-state index contributed by atoms with van der Waals surface area (Å²) >= 11 is 1.72. The lowest BCUT2D eigenvalue weighted by Gasteiger charge is -2.25. The maximum atomic E-state index is 11.2. The van der Waals surface area contributed by atoms with E-state index in [0.717, 1.165) is 6.54 Å². The fourth-order valence-corrected chi connectivity index (χ4v) is 2.20. The van der Waals surface area contributed by atoms with Gasteiger partial charge in [-0.25, -0.2) is 5.84 Å². The average molecular weight is 257 g/mol. The van der Waals surface area contributed by atoms with Crippen LogP contribution in [0.5, 0.6) is 0 Å². The molecular weight excluding hydrogens is 238 g/mol. The lowest BCUT2D eigenvalue weighted by molar-refractivity contribution is -0.151. The Morgan fingerprint density at radius 1 is 1.65 bits per heavy atom. The van der Waals surface area contributed by atoms with E-state index in [9.17, 15) is 4.79 Å². The molecule has 17 heavy (non-hydrogen) atoms. The maximum Gasteiger partial charge on any atom is 0.327 e. The van der Waals surface area contributed by atoms with Crippen LogP contribution >= 0.6 is 11.3 Å². The quantitative estimate of drug-likeness (QED) is 0.569. The second-order valence-electron chi connectivity index (χ2n) is 3.99. The van der Waals surface area contributed by atoms with E-state index in [4.69, 9.17) is 5.84 Å². The van der Waals surface area contributed by atoms with E-state index < -0.39 is 0 Å². The highest BCUT2D eigenvalue weighted by Crippen LogP contribution is 2.14. The van der Waals surface area contributed by atoms with E-state index in [0.29, 0.717) is 19.0 Å². The van der Waals surface area contributed by atoms with Gasteiger partial charge in [0, 0.05) is 24.0 Å². The summed E-state index contributed by atoms with van der Waals surface area (Å²) in [6, 6.07) is 4.51. The molecule has 0 fully saturated rings. The van der Waals surface area contributed by atoms with Crippen molar-refractivity contribution in [3.05, 3.63) is 22.4 Å². The molecule has 0 bridgehead atoms. The van der Waals surface area contributed by atoms with Crippen LogP contribution in [-0.4, -0.2) is 23.5 Å². The number of hydrogen-bond donors (Lipinski definition) is 2. The van der Waals surface area contributed by atoms with Gasteiger partial charge in [0.1, 0.15) is 0 Å². The van der Waals surface area contributed by atoms with E-state index >= 15 is 0 Å². The van der Waals surface area contributed by atoms with Gasteiger partial charge in [0.15, 0.2) is 0 Å². The largest absolute Gasteiger partial charge is 0.356 e. The van der Waals surface area contributed by atoms with Crippen LogP contribution in [0.1, 0.15) is 25.1 Å². The smallest absolute Gasteiger partial charge is 0.327 e. The number of thiophene rings is 1. The van der Waals surface area contributed by atoms with Crippen LogP contribution in [0.15, 0.2) is 17.5 Å². The first-order chi connectivity index (χ1) is 8.13. The van der Waals surface area contributed by atoms with Gasteiger partial charge in [-0.1, -0.05) is 11.7 Å². The molecule has 96 valence electrons. The minimum atomic E-state index is -0.343. The van der Waals surface area contributed by atoms with Gasteiger partial charge < -0.3 is 4.84 Å². The number of hydrazine groups is 1. The van der Waals surface area contributed by atoms with Gasteiger partial charge in [-0.3, -0.25) is 9.69 Å². The van der Waals surface area contributed by atoms with Crippen LogP contribution in [0.2, 0.25) is 0 Å². The molecule has 5 nitrogen and oxygen atoms in total. The van der Waals surface area contributed by atoms with Gasteiger partial charge in [0.05, 0.1) is 6.42 Å². The van der Waals surface area contributed by atoms with Crippen molar-refractivity contribution in [1.82, 2.24) is 10.5 Å². The molecule has 0 spiro atoms. The highest BCUT2D eigenvalue weighted by atomic mass is 32.1. The zero-order valence-corrected chi connectivity index (χ0v) is 11.0. The summed E-state index contributed by atoms with van der Waals surface area (Å²) in [6.07, 6.45) is 0.327. The van der Waals surface area contributed by atoms with Crippen molar-refractivity contribution in [3.8, 4) is 0 Å². The Kier molecular flexibility index (Phi) is 6.13. The highest BCUT2D eigenvalue weighted by Gasteiger charge is 2.13. The van der Waals surface area contributed by atoms with Crippen molar-refractivity contribution in [1.29, 1.82) is 0 Å². The summed E-state index contributed by atoms with van der Waals surface area (Å²) in [5, 5.41) is 2.06. The van der Waals surface area contributed by atoms with E-state index in [1.165, 1.54) is 4.88 Å². The molecule has 0 unspecified atom stereocenters. The zero-order valence-electron chi connectivity index (χ0n) is 10.2. The van der Waals surface area contributed by atoms with Crippen molar-refractivity contribution in [2.45, 2.75) is 32.9 Å². The standard InChI is InChI=1S/C11H19N3O2S/c1-9(2)14(6-5-11(15)16-13-12)8-10-4-3-7-17-10/h3-4,7,9,13H,5-6,8,12H2,1-2H3.